The Labute approximate surface area is 112 Å². The molecule has 0 spiro atoms. The summed E-state index contributed by atoms with van der Waals surface area (Å²) in [5.41, 5.74) is 0.919. The molecule has 1 heterocycles. The predicted molar refractivity (Wildman–Crippen MR) is 70.9 cm³/mol. The second kappa shape index (κ2) is 5.50. The van der Waals surface area contributed by atoms with Gasteiger partial charge in [-0.25, -0.2) is 4.98 Å². The van der Waals surface area contributed by atoms with Gasteiger partial charge < -0.3 is 10.4 Å². The number of anilines is 1. The summed E-state index contributed by atoms with van der Waals surface area (Å²) in [7, 11) is 0. The third-order valence-corrected chi connectivity index (χ3v) is 3.94. The number of hydrogen-bond donors (Lipinski definition) is 2. The van der Waals surface area contributed by atoms with Crippen LogP contribution in [0.25, 0.3) is 0 Å². The van der Waals surface area contributed by atoms with Crippen LogP contribution in [0.5, 0.6) is 0 Å². The van der Waals surface area contributed by atoms with Gasteiger partial charge in [0.1, 0.15) is 0 Å². The Bertz CT molecular complexity index is 470. The average molecular weight is 264 g/mol. The van der Waals surface area contributed by atoms with Gasteiger partial charge in [0.15, 0.2) is 0 Å². The van der Waals surface area contributed by atoms with E-state index in [2.05, 4.69) is 20.5 Å². The van der Waals surface area contributed by atoms with Crippen molar-refractivity contribution in [3.05, 3.63) is 11.4 Å². The molecule has 1 aromatic heterocycles. The van der Waals surface area contributed by atoms with E-state index in [1.54, 1.807) is 0 Å². The smallest absolute Gasteiger partial charge is 0.311 e. The van der Waals surface area contributed by atoms with Crippen LogP contribution in [0.15, 0.2) is 0 Å². The van der Waals surface area contributed by atoms with Crippen LogP contribution in [-0.4, -0.2) is 32.8 Å². The van der Waals surface area contributed by atoms with Crippen molar-refractivity contribution in [2.45, 2.75) is 46.0 Å². The minimum Gasteiger partial charge on any atom is -0.481 e. The third kappa shape index (κ3) is 3.00. The van der Waals surface area contributed by atoms with Crippen molar-refractivity contribution in [3.63, 3.8) is 0 Å². The number of carboxylic acid groups (broad SMARTS) is 1. The monoisotopic (exact) mass is 264 g/mol. The number of hydrogen-bond acceptors (Lipinski definition) is 5. The van der Waals surface area contributed by atoms with E-state index < -0.39 is 11.4 Å². The highest BCUT2D eigenvalue weighted by Gasteiger charge is 2.39. The van der Waals surface area contributed by atoms with Gasteiger partial charge >= 0.3 is 5.97 Å². The lowest BCUT2D eigenvalue weighted by molar-refractivity contribution is -0.150. The van der Waals surface area contributed by atoms with E-state index >= 15 is 0 Å². The fraction of sp³-hybridized carbons (Fsp3) is 0.692. The Morgan fingerprint density at radius 2 is 1.89 bits per heavy atom. The molecule has 0 bridgehead atoms. The highest BCUT2D eigenvalue weighted by molar-refractivity contribution is 5.75. The topological polar surface area (TPSA) is 88.0 Å². The second-order valence-electron chi connectivity index (χ2n) is 5.31. The molecule has 2 N–H and O–H groups in total. The largest absolute Gasteiger partial charge is 0.481 e. The van der Waals surface area contributed by atoms with Gasteiger partial charge in [0.25, 0.3) is 0 Å². The van der Waals surface area contributed by atoms with Gasteiger partial charge in [0.2, 0.25) is 5.95 Å². The van der Waals surface area contributed by atoms with Gasteiger partial charge in [0.05, 0.1) is 16.8 Å². The maximum absolute atomic E-state index is 11.5. The molecule has 0 aromatic carbocycles. The molecule has 0 atom stereocenters. The molecular formula is C13H20N4O2. The number of nitrogens with one attached hydrogen (secondary N) is 1. The Hall–Kier alpha value is -1.72. The number of carboxylic acids is 1. The summed E-state index contributed by atoms with van der Waals surface area (Å²) in [6, 6.07) is 0. The number of carbonyl (C=O) groups is 1. The fourth-order valence-electron chi connectivity index (χ4n) is 2.47. The van der Waals surface area contributed by atoms with Crippen LogP contribution in [0.1, 0.15) is 43.5 Å². The Morgan fingerprint density at radius 1 is 1.21 bits per heavy atom. The molecule has 0 unspecified atom stereocenters. The third-order valence-electron chi connectivity index (χ3n) is 3.94. The SMILES string of the molecule is Cc1nnc(NCC2(C(=O)O)CCCCC2)nc1C. The summed E-state index contributed by atoms with van der Waals surface area (Å²) in [6.07, 6.45) is 4.50. The average Bonchev–Trinajstić information content (AvgIpc) is 2.41. The molecule has 0 amide bonds. The molecule has 1 aliphatic carbocycles. The van der Waals surface area contributed by atoms with Gasteiger partial charge in [-0.3, -0.25) is 4.79 Å². The standard InChI is InChI=1S/C13H20N4O2/c1-9-10(2)16-17-12(15-9)14-8-13(11(18)19)6-4-3-5-7-13/h3-8H2,1-2H3,(H,18,19)(H,14,15,17). The van der Waals surface area contributed by atoms with Crippen molar-refractivity contribution in [2.24, 2.45) is 5.41 Å². The lowest BCUT2D eigenvalue weighted by Gasteiger charge is -2.33. The molecule has 1 saturated carbocycles. The summed E-state index contributed by atoms with van der Waals surface area (Å²) >= 11 is 0. The van der Waals surface area contributed by atoms with E-state index in [1.165, 1.54) is 0 Å². The van der Waals surface area contributed by atoms with Crippen LogP contribution >= 0.6 is 0 Å². The zero-order valence-corrected chi connectivity index (χ0v) is 11.4. The molecule has 19 heavy (non-hydrogen) atoms. The first kappa shape index (κ1) is 13.7. The maximum Gasteiger partial charge on any atom is 0.311 e. The van der Waals surface area contributed by atoms with Crippen molar-refractivity contribution >= 4 is 11.9 Å². The number of aliphatic carboxylic acids is 1. The minimum atomic E-state index is -0.725. The summed E-state index contributed by atoms with van der Waals surface area (Å²) in [5, 5.41) is 20.4. The van der Waals surface area contributed by atoms with E-state index in [-0.39, 0.29) is 0 Å². The Balaban J connectivity index is 2.06. The Kier molecular flexibility index (Phi) is 3.97. The zero-order chi connectivity index (χ0) is 13.9. The van der Waals surface area contributed by atoms with Gasteiger partial charge in [-0.2, -0.15) is 5.10 Å². The quantitative estimate of drug-likeness (QED) is 0.864. The van der Waals surface area contributed by atoms with Crippen LogP contribution < -0.4 is 5.32 Å². The van der Waals surface area contributed by atoms with Crippen LogP contribution in [0.2, 0.25) is 0 Å². The van der Waals surface area contributed by atoms with Crippen molar-refractivity contribution in [1.29, 1.82) is 0 Å². The first-order chi connectivity index (χ1) is 9.03. The summed E-state index contributed by atoms with van der Waals surface area (Å²) in [5.74, 6) is -0.314. The normalized spacial score (nSPS) is 18.0. The molecule has 2 rings (SSSR count). The molecule has 6 nitrogen and oxygen atoms in total. The van der Waals surface area contributed by atoms with Crippen molar-refractivity contribution < 1.29 is 9.90 Å². The Morgan fingerprint density at radius 3 is 2.47 bits per heavy atom. The minimum absolute atomic E-state index is 0.368. The van der Waals surface area contributed by atoms with Gasteiger partial charge in [-0.15, -0.1) is 5.10 Å². The molecule has 1 fully saturated rings. The maximum atomic E-state index is 11.5. The van der Waals surface area contributed by atoms with E-state index in [1.807, 2.05) is 13.8 Å². The molecule has 6 heteroatoms. The predicted octanol–water partition coefficient (Wildman–Crippen LogP) is 1.94. The summed E-state index contributed by atoms with van der Waals surface area (Å²) in [6.45, 7) is 4.08. The molecule has 1 aliphatic rings. The van der Waals surface area contributed by atoms with Crippen molar-refractivity contribution in [1.82, 2.24) is 15.2 Å². The number of rotatable bonds is 4. The second-order valence-corrected chi connectivity index (χ2v) is 5.31. The molecule has 1 aromatic rings. The first-order valence-electron chi connectivity index (χ1n) is 6.69. The number of aryl methyl sites for hydroxylation is 2. The molecule has 0 saturated heterocycles. The summed E-state index contributed by atoms with van der Waals surface area (Å²) < 4.78 is 0. The molecule has 0 radical (unpaired) electrons. The molecule has 104 valence electrons. The molecule has 0 aliphatic heterocycles. The van der Waals surface area contributed by atoms with E-state index in [9.17, 15) is 9.90 Å². The van der Waals surface area contributed by atoms with Crippen molar-refractivity contribution in [2.75, 3.05) is 11.9 Å². The van der Waals surface area contributed by atoms with Crippen LogP contribution in [0.4, 0.5) is 5.95 Å². The number of nitrogens with zero attached hydrogens (tertiary/aromatic N) is 3. The highest BCUT2D eigenvalue weighted by atomic mass is 16.4. The zero-order valence-electron chi connectivity index (χ0n) is 11.4. The van der Waals surface area contributed by atoms with E-state index in [4.69, 9.17) is 0 Å². The van der Waals surface area contributed by atoms with Gasteiger partial charge in [-0.1, -0.05) is 19.3 Å². The van der Waals surface area contributed by atoms with Crippen LogP contribution in [0.3, 0.4) is 0 Å². The lowest BCUT2D eigenvalue weighted by Crippen LogP contribution is -2.40. The lowest BCUT2D eigenvalue weighted by atomic mass is 9.74. The van der Waals surface area contributed by atoms with E-state index in [0.717, 1.165) is 30.7 Å². The summed E-state index contributed by atoms with van der Waals surface area (Å²) in [4.78, 5) is 15.8. The molecular weight excluding hydrogens is 244 g/mol. The van der Waals surface area contributed by atoms with Gasteiger partial charge in [0, 0.05) is 6.54 Å². The number of aromatic nitrogens is 3. The first-order valence-corrected chi connectivity index (χ1v) is 6.69. The van der Waals surface area contributed by atoms with Crippen LogP contribution in [0, 0.1) is 19.3 Å². The fourth-order valence-corrected chi connectivity index (χ4v) is 2.47. The van der Waals surface area contributed by atoms with Crippen molar-refractivity contribution in [3.8, 4) is 0 Å². The highest BCUT2D eigenvalue weighted by Crippen LogP contribution is 2.36. The van der Waals surface area contributed by atoms with Gasteiger partial charge in [-0.05, 0) is 26.7 Å². The van der Waals surface area contributed by atoms with E-state index in [0.29, 0.717) is 25.3 Å². The van der Waals surface area contributed by atoms with Crippen LogP contribution in [-0.2, 0) is 4.79 Å².